The number of hydrogen-bond acceptors (Lipinski definition) is 3. The molecule has 0 amide bonds. The smallest absolute Gasteiger partial charge is 0.196 e. The lowest BCUT2D eigenvalue weighted by molar-refractivity contribution is -0.162. The fraction of sp³-hybridized carbons (Fsp3) is 0.545. The van der Waals surface area contributed by atoms with Crippen molar-refractivity contribution in [3.05, 3.63) is 58.4 Å². The molecule has 1 aromatic rings. The van der Waals surface area contributed by atoms with Crippen LogP contribution < -0.4 is 0 Å². The van der Waals surface area contributed by atoms with Crippen LogP contribution in [0.3, 0.4) is 0 Å². The Bertz CT molecular complexity index is 686. The Morgan fingerprint density at radius 2 is 1.85 bits per heavy atom. The molecule has 5 heteroatoms. The molecule has 0 radical (unpaired) electrons. The molecule has 0 N–H and O–H groups in total. The van der Waals surface area contributed by atoms with Crippen LogP contribution in [-0.4, -0.2) is 26.6 Å². The molecule has 2 unspecified atom stereocenters. The SMILES string of the molecule is CCCc1ccc(C2CCC(OCC3=C(F)C(F)=C(OC)CC3)OC2)cc1. The van der Waals surface area contributed by atoms with Crippen LogP contribution in [0.15, 0.2) is 47.3 Å². The average Bonchev–Trinajstić information content (AvgIpc) is 2.70. The molecule has 1 aliphatic carbocycles. The van der Waals surface area contributed by atoms with E-state index in [1.807, 2.05) is 0 Å². The first-order chi connectivity index (χ1) is 13.1. The zero-order chi connectivity index (χ0) is 19.2. The third kappa shape index (κ3) is 4.96. The van der Waals surface area contributed by atoms with E-state index >= 15 is 0 Å². The van der Waals surface area contributed by atoms with Crippen molar-refractivity contribution in [1.29, 1.82) is 0 Å². The van der Waals surface area contributed by atoms with Gasteiger partial charge in [0, 0.05) is 12.3 Å². The zero-order valence-electron chi connectivity index (χ0n) is 16.1. The van der Waals surface area contributed by atoms with Gasteiger partial charge in [-0.05, 0) is 42.4 Å². The quantitative estimate of drug-likeness (QED) is 0.607. The summed E-state index contributed by atoms with van der Waals surface area (Å²) in [5, 5.41) is 0. The van der Waals surface area contributed by atoms with E-state index in [4.69, 9.17) is 14.2 Å². The Morgan fingerprint density at radius 1 is 1.07 bits per heavy atom. The zero-order valence-corrected chi connectivity index (χ0v) is 16.1. The molecule has 0 aromatic heterocycles. The standard InChI is InChI=1S/C22H28F2O3/c1-3-4-15-5-7-16(8-6-15)17-10-12-20(26-13-17)27-14-18-9-11-19(25-2)22(24)21(18)23/h5-8,17,20H,3-4,9-14H2,1-2H3. The van der Waals surface area contributed by atoms with E-state index in [0.717, 1.165) is 25.7 Å². The lowest BCUT2D eigenvalue weighted by Crippen LogP contribution is -2.28. The van der Waals surface area contributed by atoms with Crippen LogP contribution >= 0.6 is 0 Å². The molecule has 1 heterocycles. The maximum atomic E-state index is 14.0. The molecule has 1 fully saturated rings. The minimum atomic E-state index is -0.904. The third-order valence-electron chi connectivity index (χ3n) is 5.32. The molecule has 2 aliphatic rings. The van der Waals surface area contributed by atoms with Gasteiger partial charge in [0.1, 0.15) is 5.76 Å². The van der Waals surface area contributed by atoms with Gasteiger partial charge in [-0.15, -0.1) is 0 Å². The largest absolute Gasteiger partial charge is 0.498 e. The molecule has 27 heavy (non-hydrogen) atoms. The van der Waals surface area contributed by atoms with E-state index in [-0.39, 0.29) is 18.7 Å². The van der Waals surface area contributed by atoms with Crippen LogP contribution in [-0.2, 0) is 20.6 Å². The first kappa shape index (κ1) is 20.0. The van der Waals surface area contributed by atoms with E-state index in [2.05, 4.69) is 31.2 Å². The van der Waals surface area contributed by atoms with Crippen molar-refractivity contribution in [2.75, 3.05) is 20.3 Å². The Balaban J connectivity index is 1.48. The number of halogens is 2. The second kappa shape index (κ2) is 9.47. The van der Waals surface area contributed by atoms with Crippen molar-refractivity contribution in [2.24, 2.45) is 0 Å². The number of ether oxygens (including phenoxy) is 3. The normalized spacial score (nSPS) is 23.7. The monoisotopic (exact) mass is 378 g/mol. The van der Waals surface area contributed by atoms with Crippen molar-refractivity contribution in [3.63, 3.8) is 0 Å². The summed E-state index contributed by atoms with van der Waals surface area (Å²) in [6.45, 7) is 2.82. The van der Waals surface area contributed by atoms with Gasteiger partial charge in [0.2, 0.25) is 0 Å². The minimum absolute atomic E-state index is 0.0529. The molecule has 1 saturated heterocycles. The highest BCUT2D eigenvalue weighted by molar-refractivity contribution is 5.32. The predicted octanol–water partition coefficient (Wildman–Crippen LogP) is 5.72. The maximum Gasteiger partial charge on any atom is 0.196 e. The van der Waals surface area contributed by atoms with Crippen molar-refractivity contribution in [3.8, 4) is 0 Å². The fourth-order valence-corrected chi connectivity index (χ4v) is 3.65. The molecule has 1 aromatic carbocycles. The van der Waals surface area contributed by atoms with Crippen molar-refractivity contribution in [1.82, 2.24) is 0 Å². The number of hydrogen-bond donors (Lipinski definition) is 0. The summed E-state index contributed by atoms with van der Waals surface area (Å²) >= 11 is 0. The summed E-state index contributed by atoms with van der Waals surface area (Å²) in [6.07, 6.45) is 4.36. The number of aryl methyl sites for hydroxylation is 1. The van der Waals surface area contributed by atoms with Crippen LogP contribution in [0.2, 0.25) is 0 Å². The Hall–Kier alpha value is -1.72. The van der Waals surface area contributed by atoms with Crippen LogP contribution in [0.1, 0.15) is 56.1 Å². The van der Waals surface area contributed by atoms with Crippen LogP contribution in [0, 0.1) is 0 Å². The first-order valence-electron chi connectivity index (χ1n) is 9.75. The van der Waals surface area contributed by atoms with Crippen molar-refractivity contribution >= 4 is 0 Å². The summed E-state index contributed by atoms with van der Waals surface area (Å²) in [5.74, 6) is -1.33. The molecule has 148 valence electrons. The van der Waals surface area contributed by atoms with Gasteiger partial charge in [-0.2, -0.15) is 0 Å². The Kier molecular flexibility index (Phi) is 7.02. The first-order valence-corrected chi connectivity index (χ1v) is 9.75. The predicted molar refractivity (Wildman–Crippen MR) is 101 cm³/mol. The molecule has 1 aliphatic heterocycles. The summed E-state index contributed by atoms with van der Waals surface area (Å²) in [6, 6.07) is 8.75. The number of methoxy groups -OCH3 is 1. The van der Waals surface area contributed by atoms with Gasteiger partial charge in [0.15, 0.2) is 17.9 Å². The summed E-state index contributed by atoms with van der Waals surface area (Å²) in [5.41, 5.74) is 2.99. The fourth-order valence-electron chi connectivity index (χ4n) is 3.65. The molecule has 2 atom stereocenters. The van der Waals surface area contributed by atoms with Gasteiger partial charge in [0.05, 0.1) is 20.3 Å². The molecule has 3 nitrogen and oxygen atoms in total. The highest BCUT2D eigenvalue weighted by Gasteiger charge is 2.26. The average molecular weight is 378 g/mol. The highest BCUT2D eigenvalue weighted by Crippen LogP contribution is 2.34. The van der Waals surface area contributed by atoms with Gasteiger partial charge < -0.3 is 14.2 Å². The lowest BCUT2D eigenvalue weighted by Gasteiger charge is -2.30. The van der Waals surface area contributed by atoms with Gasteiger partial charge in [-0.3, -0.25) is 0 Å². The summed E-state index contributed by atoms with van der Waals surface area (Å²) in [4.78, 5) is 0. The van der Waals surface area contributed by atoms with Gasteiger partial charge in [0.25, 0.3) is 0 Å². The van der Waals surface area contributed by atoms with E-state index in [1.54, 1.807) is 0 Å². The second-order valence-electron chi connectivity index (χ2n) is 7.20. The molecular weight excluding hydrogens is 350 g/mol. The van der Waals surface area contributed by atoms with Crippen LogP contribution in [0.4, 0.5) is 8.78 Å². The van der Waals surface area contributed by atoms with Crippen molar-refractivity contribution in [2.45, 2.75) is 57.7 Å². The number of allylic oxidation sites excluding steroid dienone is 3. The maximum absolute atomic E-state index is 14.0. The molecular formula is C22H28F2O3. The van der Waals surface area contributed by atoms with Gasteiger partial charge in [-0.25, -0.2) is 8.78 Å². The van der Waals surface area contributed by atoms with E-state index in [1.165, 1.54) is 18.2 Å². The van der Waals surface area contributed by atoms with E-state index < -0.39 is 11.7 Å². The van der Waals surface area contributed by atoms with E-state index in [9.17, 15) is 8.78 Å². The summed E-state index contributed by atoms with van der Waals surface area (Å²) < 4.78 is 44.2. The van der Waals surface area contributed by atoms with Crippen molar-refractivity contribution < 1.29 is 23.0 Å². The second-order valence-corrected chi connectivity index (χ2v) is 7.20. The minimum Gasteiger partial charge on any atom is -0.498 e. The molecule has 0 spiro atoms. The van der Waals surface area contributed by atoms with E-state index in [0.29, 0.717) is 30.9 Å². The van der Waals surface area contributed by atoms with Gasteiger partial charge in [-0.1, -0.05) is 37.6 Å². The molecule has 0 bridgehead atoms. The summed E-state index contributed by atoms with van der Waals surface area (Å²) in [7, 11) is 1.35. The lowest BCUT2D eigenvalue weighted by atomic mass is 9.92. The molecule has 0 saturated carbocycles. The third-order valence-corrected chi connectivity index (χ3v) is 5.32. The van der Waals surface area contributed by atoms with Crippen LogP contribution in [0.25, 0.3) is 0 Å². The highest BCUT2D eigenvalue weighted by atomic mass is 19.2. The molecule has 3 rings (SSSR count). The number of rotatable bonds is 7. The topological polar surface area (TPSA) is 27.7 Å². The Morgan fingerprint density at radius 3 is 2.48 bits per heavy atom. The Labute approximate surface area is 160 Å². The number of benzene rings is 1. The van der Waals surface area contributed by atoms with Crippen LogP contribution in [0.5, 0.6) is 0 Å². The van der Waals surface area contributed by atoms with Gasteiger partial charge >= 0.3 is 0 Å².